The second kappa shape index (κ2) is 10.8. The molecule has 0 bridgehead atoms. The van der Waals surface area contributed by atoms with E-state index in [-0.39, 0.29) is 5.91 Å². The number of carbonyl (C=O) groups excluding carboxylic acids is 1. The van der Waals surface area contributed by atoms with Gasteiger partial charge in [-0.1, -0.05) is 54.6 Å². The molecule has 1 aliphatic rings. The van der Waals surface area contributed by atoms with Crippen LogP contribution in [0.2, 0.25) is 0 Å². The first-order valence-corrected chi connectivity index (χ1v) is 11.2. The molecule has 2 heterocycles. The van der Waals surface area contributed by atoms with Gasteiger partial charge in [-0.25, -0.2) is 4.98 Å². The SMILES string of the molecule is COc1ccccc1/C=C(/C(=O)NCc1cccnc1N1CCN(C)CC1)c1ccccc1. The number of likely N-dealkylation sites (N-methyl/N-ethyl adjacent to an activating group) is 1. The smallest absolute Gasteiger partial charge is 0.252 e. The summed E-state index contributed by atoms with van der Waals surface area (Å²) in [6.45, 7) is 4.27. The fourth-order valence-corrected chi connectivity index (χ4v) is 3.98. The predicted octanol–water partition coefficient (Wildman–Crippen LogP) is 3.70. The summed E-state index contributed by atoms with van der Waals surface area (Å²) in [7, 11) is 3.77. The second-order valence-corrected chi connectivity index (χ2v) is 8.13. The van der Waals surface area contributed by atoms with Crippen molar-refractivity contribution in [2.24, 2.45) is 0 Å². The third kappa shape index (κ3) is 5.59. The second-order valence-electron chi connectivity index (χ2n) is 8.13. The maximum atomic E-state index is 13.4. The average molecular weight is 443 g/mol. The molecule has 1 N–H and O–H groups in total. The van der Waals surface area contributed by atoms with E-state index in [1.165, 1.54) is 0 Å². The number of methoxy groups -OCH3 is 1. The lowest BCUT2D eigenvalue weighted by Crippen LogP contribution is -2.45. The summed E-state index contributed by atoms with van der Waals surface area (Å²) in [5.74, 6) is 1.53. The quantitative estimate of drug-likeness (QED) is 0.447. The van der Waals surface area contributed by atoms with Crippen molar-refractivity contribution in [3.05, 3.63) is 89.6 Å². The monoisotopic (exact) mass is 442 g/mol. The summed E-state index contributed by atoms with van der Waals surface area (Å²) < 4.78 is 5.49. The van der Waals surface area contributed by atoms with Crippen molar-refractivity contribution < 1.29 is 9.53 Å². The number of para-hydroxylation sites is 1. The van der Waals surface area contributed by atoms with Crippen molar-refractivity contribution in [1.29, 1.82) is 0 Å². The zero-order valence-electron chi connectivity index (χ0n) is 19.2. The van der Waals surface area contributed by atoms with E-state index in [0.717, 1.165) is 54.4 Å². The number of aromatic nitrogens is 1. The number of nitrogens with one attached hydrogen (secondary N) is 1. The molecule has 1 aliphatic heterocycles. The highest BCUT2D eigenvalue weighted by Gasteiger charge is 2.19. The Bertz CT molecular complexity index is 1110. The number of ether oxygens (including phenoxy) is 1. The Hall–Kier alpha value is -3.64. The lowest BCUT2D eigenvalue weighted by molar-refractivity contribution is -0.115. The number of anilines is 1. The summed E-state index contributed by atoms with van der Waals surface area (Å²) in [6.07, 6.45) is 3.70. The molecule has 0 spiro atoms. The van der Waals surface area contributed by atoms with E-state index in [2.05, 4.69) is 27.1 Å². The summed E-state index contributed by atoms with van der Waals surface area (Å²) in [5.41, 5.74) is 3.31. The number of nitrogens with zero attached hydrogens (tertiary/aromatic N) is 3. The van der Waals surface area contributed by atoms with E-state index < -0.39 is 0 Å². The first kappa shape index (κ1) is 22.6. The Morgan fingerprint density at radius 1 is 1.00 bits per heavy atom. The minimum absolute atomic E-state index is 0.139. The molecule has 33 heavy (non-hydrogen) atoms. The van der Waals surface area contributed by atoms with Gasteiger partial charge in [0.15, 0.2) is 0 Å². The van der Waals surface area contributed by atoms with Crippen LogP contribution in [0.25, 0.3) is 11.6 Å². The molecule has 4 rings (SSSR count). The molecule has 0 unspecified atom stereocenters. The van der Waals surface area contributed by atoms with Crippen LogP contribution in [-0.4, -0.2) is 56.1 Å². The topological polar surface area (TPSA) is 57.7 Å². The van der Waals surface area contributed by atoms with Crippen molar-refractivity contribution in [2.45, 2.75) is 6.54 Å². The normalized spacial score (nSPS) is 14.7. The number of rotatable bonds is 7. The molecule has 1 aromatic heterocycles. The van der Waals surface area contributed by atoms with Crippen LogP contribution < -0.4 is 15.0 Å². The Labute approximate surface area is 195 Å². The van der Waals surface area contributed by atoms with Gasteiger partial charge in [0.25, 0.3) is 5.91 Å². The molecule has 2 aromatic carbocycles. The van der Waals surface area contributed by atoms with Crippen LogP contribution in [0.15, 0.2) is 72.9 Å². The standard InChI is InChI=1S/C27H30N4O2/c1-30-15-17-31(18-16-30)26-23(12-8-14-28-26)20-29-27(32)24(21-9-4-3-5-10-21)19-22-11-6-7-13-25(22)33-2/h3-14,19H,15-18,20H2,1-2H3,(H,29,32)/b24-19+. The molecule has 3 aromatic rings. The molecule has 0 atom stereocenters. The molecule has 6 heteroatoms. The van der Waals surface area contributed by atoms with Crippen LogP contribution in [0.1, 0.15) is 16.7 Å². The van der Waals surface area contributed by atoms with Crippen LogP contribution >= 0.6 is 0 Å². The first-order valence-electron chi connectivity index (χ1n) is 11.2. The van der Waals surface area contributed by atoms with Crippen LogP contribution in [-0.2, 0) is 11.3 Å². The van der Waals surface area contributed by atoms with Gasteiger partial charge in [-0.2, -0.15) is 0 Å². The van der Waals surface area contributed by atoms with Gasteiger partial charge in [0.05, 0.1) is 7.11 Å². The lowest BCUT2D eigenvalue weighted by Gasteiger charge is -2.34. The van der Waals surface area contributed by atoms with E-state index >= 15 is 0 Å². The van der Waals surface area contributed by atoms with E-state index in [4.69, 9.17) is 4.74 Å². The van der Waals surface area contributed by atoms with E-state index in [1.54, 1.807) is 7.11 Å². The summed E-state index contributed by atoms with van der Waals surface area (Å²) in [5, 5.41) is 3.12. The number of carbonyl (C=O) groups is 1. The molecule has 1 saturated heterocycles. The molecule has 6 nitrogen and oxygen atoms in total. The Balaban J connectivity index is 1.57. The fourth-order valence-electron chi connectivity index (χ4n) is 3.98. The number of hydrogen-bond acceptors (Lipinski definition) is 5. The van der Waals surface area contributed by atoms with E-state index in [0.29, 0.717) is 12.1 Å². The van der Waals surface area contributed by atoms with Gasteiger partial charge in [-0.05, 0) is 30.8 Å². The molecular formula is C27H30N4O2. The highest BCUT2D eigenvalue weighted by atomic mass is 16.5. The maximum Gasteiger partial charge on any atom is 0.252 e. The number of hydrogen-bond donors (Lipinski definition) is 1. The highest BCUT2D eigenvalue weighted by molar-refractivity contribution is 6.24. The maximum absolute atomic E-state index is 13.4. The summed E-state index contributed by atoms with van der Waals surface area (Å²) in [6, 6.07) is 21.4. The Morgan fingerprint density at radius 3 is 2.48 bits per heavy atom. The van der Waals surface area contributed by atoms with Crippen molar-refractivity contribution in [2.75, 3.05) is 45.2 Å². The Morgan fingerprint density at radius 2 is 1.73 bits per heavy atom. The van der Waals surface area contributed by atoms with Gasteiger partial charge in [-0.3, -0.25) is 4.79 Å². The molecule has 0 aliphatic carbocycles. The van der Waals surface area contributed by atoms with Crippen molar-refractivity contribution in [1.82, 2.24) is 15.2 Å². The van der Waals surface area contributed by atoms with Crippen LogP contribution in [0.3, 0.4) is 0 Å². The number of amides is 1. The lowest BCUT2D eigenvalue weighted by atomic mass is 10.0. The largest absolute Gasteiger partial charge is 0.496 e. The minimum atomic E-state index is -0.139. The zero-order valence-corrected chi connectivity index (χ0v) is 19.2. The van der Waals surface area contributed by atoms with Gasteiger partial charge in [-0.15, -0.1) is 0 Å². The number of piperazine rings is 1. The summed E-state index contributed by atoms with van der Waals surface area (Å²) in [4.78, 5) is 22.6. The van der Waals surface area contributed by atoms with Gasteiger partial charge >= 0.3 is 0 Å². The molecule has 1 amide bonds. The average Bonchev–Trinajstić information content (AvgIpc) is 2.87. The van der Waals surface area contributed by atoms with Gasteiger partial charge in [0, 0.05) is 55.6 Å². The highest BCUT2D eigenvalue weighted by Crippen LogP contribution is 2.25. The molecule has 170 valence electrons. The van der Waals surface area contributed by atoms with Crippen LogP contribution in [0.5, 0.6) is 5.75 Å². The van der Waals surface area contributed by atoms with E-state index in [1.807, 2.05) is 79.0 Å². The number of pyridine rings is 1. The van der Waals surface area contributed by atoms with Gasteiger partial charge in [0.1, 0.15) is 11.6 Å². The van der Waals surface area contributed by atoms with E-state index in [9.17, 15) is 4.79 Å². The van der Waals surface area contributed by atoms with Crippen molar-refractivity contribution >= 4 is 23.4 Å². The Kier molecular flexibility index (Phi) is 7.37. The minimum Gasteiger partial charge on any atom is -0.496 e. The molecule has 1 fully saturated rings. The first-order chi connectivity index (χ1) is 16.2. The fraction of sp³-hybridized carbons (Fsp3) is 0.259. The molecule has 0 radical (unpaired) electrons. The van der Waals surface area contributed by atoms with Crippen LogP contribution in [0.4, 0.5) is 5.82 Å². The summed E-state index contributed by atoms with van der Waals surface area (Å²) >= 11 is 0. The van der Waals surface area contributed by atoms with Crippen molar-refractivity contribution in [3.63, 3.8) is 0 Å². The molecule has 0 saturated carbocycles. The van der Waals surface area contributed by atoms with Crippen LogP contribution in [0, 0.1) is 0 Å². The predicted molar refractivity (Wildman–Crippen MR) is 133 cm³/mol. The molecular weight excluding hydrogens is 412 g/mol. The van der Waals surface area contributed by atoms with Crippen molar-refractivity contribution in [3.8, 4) is 5.75 Å². The number of benzene rings is 2. The third-order valence-corrected chi connectivity index (χ3v) is 5.88. The third-order valence-electron chi connectivity index (χ3n) is 5.88. The zero-order chi connectivity index (χ0) is 23.0. The van der Waals surface area contributed by atoms with Gasteiger partial charge in [0.2, 0.25) is 0 Å². The van der Waals surface area contributed by atoms with Gasteiger partial charge < -0.3 is 19.9 Å².